The molecule has 0 unspecified atom stereocenters. The average molecular weight is 449 g/mol. The Bertz CT molecular complexity index is 1360. The molecular weight excluding hydrogens is 424 g/mol. The number of benzene rings is 2. The van der Waals surface area contributed by atoms with Crippen LogP contribution in [0.25, 0.3) is 21.5 Å². The lowest BCUT2D eigenvalue weighted by atomic mass is 10.0. The highest BCUT2D eigenvalue weighted by Gasteiger charge is 2.19. The van der Waals surface area contributed by atoms with Crippen molar-refractivity contribution in [2.75, 3.05) is 11.9 Å². The van der Waals surface area contributed by atoms with Gasteiger partial charge in [0.1, 0.15) is 18.0 Å². The number of aromatic nitrogens is 3. The molecule has 1 N–H and O–H groups in total. The van der Waals surface area contributed by atoms with E-state index in [9.17, 15) is 9.59 Å². The van der Waals surface area contributed by atoms with Gasteiger partial charge in [-0.05, 0) is 57.5 Å². The van der Waals surface area contributed by atoms with Crippen LogP contribution in [0.3, 0.4) is 0 Å². The van der Waals surface area contributed by atoms with Gasteiger partial charge in [0.25, 0.3) is 5.56 Å². The summed E-state index contributed by atoms with van der Waals surface area (Å²) in [6, 6.07) is 13.2. The van der Waals surface area contributed by atoms with E-state index in [2.05, 4.69) is 21.5 Å². The molecule has 4 aromatic rings. The molecule has 0 saturated heterocycles. The maximum Gasteiger partial charge on any atom is 0.294 e. The number of anilines is 1. The van der Waals surface area contributed by atoms with Gasteiger partial charge < -0.3 is 10.1 Å². The Morgan fingerprint density at radius 1 is 1.12 bits per heavy atom. The molecular formula is C24H24N4O3S. The number of nitrogens with one attached hydrogen (secondary N) is 1. The second-order valence-electron chi connectivity index (χ2n) is 7.55. The van der Waals surface area contributed by atoms with Crippen LogP contribution in [0.2, 0.25) is 0 Å². The lowest BCUT2D eigenvalue weighted by Crippen LogP contribution is -2.30. The minimum Gasteiger partial charge on any atom is -0.494 e. The molecule has 0 aliphatic carbocycles. The number of carbonyl (C=O) groups excluding carboxylic acids is 1. The van der Waals surface area contributed by atoms with E-state index < -0.39 is 0 Å². The van der Waals surface area contributed by atoms with Crippen LogP contribution in [0.15, 0.2) is 47.3 Å². The summed E-state index contributed by atoms with van der Waals surface area (Å²) in [5.74, 6) is 0.382. The van der Waals surface area contributed by atoms with Gasteiger partial charge >= 0.3 is 0 Å². The van der Waals surface area contributed by atoms with Gasteiger partial charge in [-0.2, -0.15) is 5.10 Å². The first-order chi connectivity index (χ1) is 15.4. The summed E-state index contributed by atoms with van der Waals surface area (Å²) in [7, 11) is 0. The van der Waals surface area contributed by atoms with Crippen LogP contribution in [0.5, 0.6) is 5.75 Å². The number of ether oxygens (including phenoxy) is 1. The van der Waals surface area contributed by atoms with E-state index in [-0.39, 0.29) is 18.0 Å². The topological polar surface area (TPSA) is 86.1 Å². The van der Waals surface area contributed by atoms with Gasteiger partial charge in [0, 0.05) is 11.3 Å². The number of aryl methyl sites for hydroxylation is 3. The van der Waals surface area contributed by atoms with Crippen molar-refractivity contribution >= 4 is 33.1 Å². The fraction of sp³-hybridized carbons (Fsp3) is 0.250. The van der Waals surface area contributed by atoms with E-state index in [1.807, 2.05) is 39.8 Å². The molecule has 32 heavy (non-hydrogen) atoms. The van der Waals surface area contributed by atoms with Crippen LogP contribution in [0.1, 0.15) is 23.1 Å². The fourth-order valence-electron chi connectivity index (χ4n) is 3.57. The van der Waals surface area contributed by atoms with Gasteiger partial charge in [-0.3, -0.25) is 9.59 Å². The number of rotatable bonds is 6. The minimum absolute atomic E-state index is 0.212. The summed E-state index contributed by atoms with van der Waals surface area (Å²) in [5.41, 5.74) is 4.36. The fourth-order valence-corrected chi connectivity index (χ4v) is 4.48. The number of carbonyl (C=O) groups is 1. The third kappa shape index (κ3) is 4.40. The van der Waals surface area contributed by atoms with E-state index in [0.717, 1.165) is 32.1 Å². The molecule has 0 aliphatic rings. The number of nitrogens with zero attached hydrogens (tertiary/aromatic N) is 3. The molecule has 2 aromatic carbocycles. The first kappa shape index (κ1) is 21.7. The zero-order chi connectivity index (χ0) is 22.8. The summed E-state index contributed by atoms with van der Waals surface area (Å²) in [5, 5.41) is 8.17. The lowest BCUT2D eigenvalue weighted by Gasteiger charge is -2.11. The molecule has 2 heterocycles. The Morgan fingerprint density at radius 3 is 2.56 bits per heavy atom. The predicted octanol–water partition coefficient (Wildman–Crippen LogP) is 4.48. The molecule has 164 valence electrons. The van der Waals surface area contributed by atoms with E-state index >= 15 is 0 Å². The normalized spacial score (nSPS) is 11.0. The van der Waals surface area contributed by atoms with Crippen molar-refractivity contribution in [3.05, 3.63) is 69.0 Å². The second kappa shape index (κ2) is 8.92. The van der Waals surface area contributed by atoms with E-state index in [1.165, 1.54) is 16.0 Å². The number of thiazole rings is 1. The van der Waals surface area contributed by atoms with Crippen molar-refractivity contribution in [2.24, 2.45) is 0 Å². The number of hydrogen-bond donors (Lipinski definition) is 1. The molecule has 1 amide bonds. The van der Waals surface area contributed by atoms with Gasteiger partial charge in [0.15, 0.2) is 5.52 Å². The Kier molecular flexibility index (Phi) is 6.05. The van der Waals surface area contributed by atoms with Crippen LogP contribution in [-0.2, 0) is 11.3 Å². The summed E-state index contributed by atoms with van der Waals surface area (Å²) in [6.07, 6.45) is 0. The molecule has 7 nitrogen and oxygen atoms in total. The minimum atomic E-state index is -0.375. The zero-order valence-electron chi connectivity index (χ0n) is 18.4. The van der Waals surface area contributed by atoms with Crippen molar-refractivity contribution in [3.63, 3.8) is 0 Å². The standard InChI is InChI=1S/C24H24N4O3S/c1-5-31-18-9-7-17(8-10-18)26-20(29)13-28-24(30)22-23(32-16(4)25-22)21(27-28)19-11-6-14(2)12-15(19)3/h6-12H,5,13H2,1-4H3,(H,26,29). The Morgan fingerprint density at radius 2 is 1.88 bits per heavy atom. The molecule has 0 bridgehead atoms. The molecule has 0 aliphatic heterocycles. The third-order valence-corrected chi connectivity index (χ3v) is 5.96. The Hall–Kier alpha value is -3.52. The highest BCUT2D eigenvalue weighted by molar-refractivity contribution is 7.19. The molecule has 0 spiro atoms. The summed E-state index contributed by atoms with van der Waals surface area (Å²) in [6.45, 7) is 8.17. The molecule has 0 radical (unpaired) electrons. The predicted molar refractivity (Wildman–Crippen MR) is 128 cm³/mol. The highest BCUT2D eigenvalue weighted by Crippen LogP contribution is 2.31. The number of hydrogen-bond acceptors (Lipinski definition) is 6. The quantitative estimate of drug-likeness (QED) is 0.470. The summed E-state index contributed by atoms with van der Waals surface area (Å²) in [4.78, 5) is 30.1. The maximum atomic E-state index is 13.0. The number of amides is 1. The molecule has 4 rings (SSSR count). The van der Waals surface area contributed by atoms with E-state index in [0.29, 0.717) is 23.5 Å². The van der Waals surface area contributed by atoms with Crippen LogP contribution in [0, 0.1) is 20.8 Å². The molecule has 0 atom stereocenters. The van der Waals surface area contributed by atoms with Crippen LogP contribution in [-0.4, -0.2) is 27.3 Å². The average Bonchev–Trinajstić information content (AvgIpc) is 3.14. The van der Waals surface area contributed by atoms with Gasteiger partial charge in [-0.25, -0.2) is 9.67 Å². The third-order valence-electron chi connectivity index (χ3n) is 4.99. The smallest absolute Gasteiger partial charge is 0.294 e. The van der Waals surface area contributed by atoms with Gasteiger partial charge in [0.05, 0.1) is 16.3 Å². The van der Waals surface area contributed by atoms with Gasteiger partial charge in [-0.15, -0.1) is 11.3 Å². The largest absolute Gasteiger partial charge is 0.494 e. The van der Waals surface area contributed by atoms with Crippen molar-refractivity contribution < 1.29 is 9.53 Å². The number of fused-ring (bicyclic) bond motifs is 1. The van der Waals surface area contributed by atoms with E-state index in [1.54, 1.807) is 24.3 Å². The van der Waals surface area contributed by atoms with Crippen molar-refractivity contribution in [1.82, 2.24) is 14.8 Å². The van der Waals surface area contributed by atoms with Gasteiger partial charge in [-0.1, -0.05) is 23.8 Å². The summed E-state index contributed by atoms with van der Waals surface area (Å²) >= 11 is 1.44. The van der Waals surface area contributed by atoms with Crippen molar-refractivity contribution in [2.45, 2.75) is 34.2 Å². The first-order valence-electron chi connectivity index (χ1n) is 10.3. The molecule has 0 fully saturated rings. The highest BCUT2D eigenvalue weighted by atomic mass is 32.1. The molecule has 8 heteroatoms. The lowest BCUT2D eigenvalue weighted by molar-refractivity contribution is -0.117. The van der Waals surface area contributed by atoms with Crippen LogP contribution in [0.4, 0.5) is 5.69 Å². The van der Waals surface area contributed by atoms with Crippen LogP contribution < -0.4 is 15.6 Å². The summed E-state index contributed by atoms with van der Waals surface area (Å²) < 4.78 is 7.35. The SMILES string of the molecule is CCOc1ccc(NC(=O)Cn2nc(-c3ccc(C)cc3C)c3sc(C)nc3c2=O)cc1. The maximum absolute atomic E-state index is 13.0. The van der Waals surface area contributed by atoms with E-state index in [4.69, 9.17) is 4.74 Å². The molecule has 0 saturated carbocycles. The second-order valence-corrected chi connectivity index (χ2v) is 8.75. The zero-order valence-corrected chi connectivity index (χ0v) is 19.2. The first-order valence-corrected chi connectivity index (χ1v) is 11.2. The Labute approximate surface area is 189 Å². The van der Waals surface area contributed by atoms with Crippen LogP contribution >= 0.6 is 11.3 Å². The monoisotopic (exact) mass is 448 g/mol. The van der Waals surface area contributed by atoms with Crippen molar-refractivity contribution in [3.8, 4) is 17.0 Å². The Balaban J connectivity index is 1.68. The molecule has 2 aromatic heterocycles. The van der Waals surface area contributed by atoms with Crippen molar-refractivity contribution in [1.29, 1.82) is 0 Å². The van der Waals surface area contributed by atoms with Gasteiger partial charge in [0.2, 0.25) is 5.91 Å².